The molecule has 0 aromatic heterocycles. The van der Waals surface area contributed by atoms with Crippen LogP contribution < -0.4 is 5.32 Å². The van der Waals surface area contributed by atoms with E-state index in [4.69, 9.17) is 0 Å². The predicted octanol–water partition coefficient (Wildman–Crippen LogP) is 3.59. The summed E-state index contributed by atoms with van der Waals surface area (Å²) in [6, 6.07) is 12.0. The number of hydrogen-bond donors (Lipinski definition) is 2. The summed E-state index contributed by atoms with van der Waals surface area (Å²) < 4.78 is 12.8. The molecular weight excluding hydrogens is 241 g/mol. The number of halogens is 1. The quantitative estimate of drug-likeness (QED) is 0.879. The predicted molar refractivity (Wildman–Crippen MR) is 75.8 cm³/mol. The zero-order valence-corrected chi connectivity index (χ0v) is 11.2. The summed E-state index contributed by atoms with van der Waals surface area (Å²) in [7, 11) is 0. The number of aliphatic hydroxyl groups is 1. The molecule has 0 amide bonds. The largest absolute Gasteiger partial charge is 0.387 e. The SMILES string of the molecule is Cc1ccc(NCC(O)c2ccc(F)cc2)c(C)c1. The van der Waals surface area contributed by atoms with Crippen LogP contribution in [0.25, 0.3) is 0 Å². The molecule has 0 radical (unpaired) electrons. The number of nitrogens with one attached hydrogen (secondary N) is 1. The van der Waals surface area contributed by atoms with E-state index >= 15 is 0 Å². The number of benzene rings is 2. The molecule has 0 aliphatic carbocycles. The molecule has 3 heteroatoms. The van der Waals surface area contributed by atoms with Gasteiger partial charge in [-0.05, 0) is 43.2 Å². The second kappa shape index (κ2) is 5.85. The van der Waals surface area contributed by atoms with Crippen molar-refractivity contribution < 1.29 is 9.50 Å². The van der Waals surface area contributed by atoms with Gasteiger partial charge in [0.2, 0.25) is 0 Å². The number of hydrogen-bond acceptors (Lipinski definition) is 2. The van der Waals surface area contributed by atoms with Gasteiger partial charge in [0.25, 0.3) is 0 Å². The van der Waals surface area contributed by atoms with Crippen molar-refractivity contribution >= 4 is 5.69 Å². The van der Waals surface area contributed by atoms with Crippen molar-refractivity contribution in [3.8, 4) is 0 Å². The maximum atomic E-state index is 12.8. The molecule has 0 spiro atoms. The highest BCUT2D eigenvalue weighted by atomic mass is 19.1. The molecule has 2 N–H and O–H groups in total. The van der Waals surface area contributed by atoms with E-state index in [1.807, 2.05) is 26.0 Å². The molecule has 100 valence electrons. The van der Waals surface area contributed by atoms with E-state index in [1.165, 1.54) is 17.7 Å². The molecule has 2 aromatic rings. The number of aliphatic hydroxyl groups excluding tert-OH is 1. The Morgan fingerprint density at radius 2 is 1.79 bits per heavy atom. The van der Waals surface area contributed by atoms with Crippen molar-refractivity contribution in [2.45, 2.75) is 20.0 Å². The second-order valence-corrected chi connectivity index (χ2v) is 4.77. The fraction of sp³-hybridized carbons (Fsp3) is 0.250. The standard InChI is InChI=1S/C16H18FNO/c1-11-3-8-15(12(2)9-11)18-10-16(19)13-4-6-14(17)7-5-13/h3-9,16,18-19H,10H2,1-2H3. The molecule has 0 bridgehead atoms. The summed E-state index contributed by atoms with van der Waals surface area (Å²) in [5.74, 6) is -0.293. The number of anilines is 1. The molecule has 1 atom stereocenters. The smallest absolute Gasteiger partial charge is 0.123 e. The van der Waals surface area contributed by atoms with Gasteiger partial charge < -0.3 is 10.4 Å². The Bertz CT molecular complexity index is 551. The first-order valence-electron chi connectivity index (χ1n) is 6.31. The molecular formula is C16H18FNO. The van der Waals surface area contributed by atoms with E-state index in [-0.39, 0.29) is 5.82 Å². The topological polar surface area (TPSA) is 32.3 Å². The average molecular weight is 259 g/mol. The van der Waals surface area contributed by atoms with Crippen molar-refractivity contribution in [2.24, 2.45) is 0 Å². The van der Waals surface area contributed by atoms with Crippen LogP contribution in [-0.2, 0) is 0 Å². The highest BCUT2D eigenvalue weighted by molar-refractivity contribution is 5.52. The monoisotopic (exact) mass is 259 g/mol. The Balaban J connectivity index is 2.00. The Kier molecular flexibility index (Phi) is 4.17. The van der Waals surface area contributed by atoms with Gasteiger partial charge in [0, 0.05) is 12.2 Å². The van der Waals surface area contributed by atoms with Gasteiger partial charge in [-0.2, -0.15) is 0 Å². The highest BCUT2D eigenvalue weighted by Crippen LogP contribution is 2.19. The van der Waals surface area contributed by atoms with E-state index in [0.29, 0.717) is 12.1 Å². The van der Waals surface area contributed by atoms with Crippen molar-refractivity contribution in [1.29, 1.82) is 0 Å². The summed E-state index contributed by atoms with van der Waals surface area (Å²) in [6.45, 7) is 4.47. The zero-order valence-electron chi connectivity index (χ0n) is 11.2. The lowest BCUT2D eigenvalue weighted by Crippen LogP contribution is -2.12. The van der Waals surface area contributed by atoms with Gasteiger partial charge in [-0.15, -0.1) is 0 Å². The van der Waals surface area contributed by atoms with Gasteiger partial charge in [0.15, 0.2) is 0 Å². The van der Waals surface area contributed by atoms with Crippen LogP contribution in [0.2, 0.25) is 0 Å². The Hall–Kier alpha value is -1.87. The van der Waals surface area contributed by atoms with Crippen molar-refractivity contribution in [3.05, 3.63) is 65.0 Å². The zero-order chi connectivity index (χ0) is 13.8. The fourth-order valence-corrected chi connectivity index (χ4v) is 2.02. The van der Waals surface area contributed by atoms with Gasteiger partial charge in [-0.25, -0.2) is 4.39 Å². The molecule has 0 saturated heterocycles. The summed E-state index contributed by atoms with van der Waals surface area (Å²) >= 11 is 0. The molecule has 0 saturated carbocycles. The third-order valence-corrected chi connectivity index (χ3v) is 3.12. The van der Waals surface area contributed by atoms with Gasteiger partial charge in [0.1, 0.15) is 5.82 Å². The van der Waals surface area contributed by atoms with Crippen molar-refractivity contribution in [3.63, 3.8) is 0 Å². The highest BCUT2D eigenvalue weighted by Gasteiger charge is 2.08. The average Bonchev–Trinajstić information content (AvgIpc) is 2.38. The lowest BCUT2D eigenvalue weighted by molar-refractivity contribution is 0.191. The van der Waals surface area contributed by atoms with E-state index in [0.717, 1.165) is 11.3 Å². The second-order valence-electron chi connectivity index (χ2n) is 4.77. The maximum Gasteiger partial charge on any atom is 0.123 e. The van der Waals surface area contributed by atoms with Crippen LogP contribution in [0.15, 0.2) is 42.5 Å². The van der Waals surface area contributed by atoms with Crippen LogP contribution in [0.5, 0.6) is 0 Å². The molecule has 2 aromatic carbocycles. The molecule has 2 nitrogen and oxygen atoms in total. The summed E-state index contributed by atoms with van der Waals surface area (Å²) in [5, 5.41) is 13.2. The molecule has 0 fully saturated rings. The lowest BCUT2D eigenvalue weighted by Gasteiger charge is -2.15. The third-order valence-electron chi connectivity index (χ3n) is 3.12. The number of rotatable bonds is 4. The van der Waals surface area contributed by atoms with Gasteiger partial charge in [0.05, 0.1) is 6.10 Å². The molecule has 0 aliphatic rings. The van der Waals surface area contributed by atoms with Gasteiger partial charge >= 0.3 is 0 Å². The van der Waals surface area contributed by atoms with Crippen LogP contribution in [0, 0.1) is 19.7 Å². The van der Waals surface area contributed by atoms with Gasteiger partial charge in [-0.3, -0.25) is 0 Å². The van der Waals surface area contributed by atoms with Crippen LogP contribution in [-0.4, -0.2) is 11.7 Å². The van der Waals surface area contributed by atoms with E-state index in [2.05, 4.69) is 11.4 Å². The molecule has 0 aliphatic heterocycles. The van der Waals surface area contributed by atoms with E-state index in [9.17, 15) is 9.50 Å². The number of aryl methyl sites for hydroxylation is 2. The minimum Gasteiger partial charge on any atom is -0.387 e. The Morgan fingerprint density at radius 1 is 1.11 bits per heavy atom. The maximum absolute atomic E-state index is 12.8. The minimum absolute atomic E-state index is 0.293. The van der Waals surface area contributed by atoms with E-state index in [1.54, 1.807) is 12.1 Å². The van der Waals surface area contributed by atoms with Crippen LogP contribution in [0.1, 0.15) is 22.8 Å². The Labute approximate surface area is 112 Å². The summed E-state index contributed by atoms with van der Waals surface area (Å²) in [4.78, 5) is 0. The van der Waals surface area contributed by atoms with Crippen molar-refractivity contribution in [2.75, 3.05) is 11.9 Å². The summed E-state index contributed by atoms with van der Waals surface area (Å²) in [6.07, 6.45) is -0.652. The van der Waals surface area contributed by atoms with Crippen molar-refractivity contribution in [1.82, 2.24) is 0 Å². The van der Waals surface area contributed by atoms with Crippen LogP contribution in [0.4, 0.5) is 10.1 Å². The third kappa shape index (κ3) is 3.55. The van der Waals surface area contributed by atoms with Gasteiger partial charge in [-0.1, -0.05) is 29.8 Å². The first-order chi connectivity index (χ1) is 9.06. The fourth-order valence-electron chi connectivity index (χ4n) is 2.02. The first-order valence-corrected chi connectivity index (χ1v) is 6.31. The molecule has 19 heavy (non-hydrogen) atoms. The lowest BCUT2D eigenvalue weighted by atomic mass is 10.1. The Morgan fingerprint density at radius 3 is 2.42 bits per heavy atom. The molecule has 1 unspecified atom stereocenters. The normalized spacial score (nSPS) is 12.2. The van der Waals surface area contributed by atoms with E-state index < -0.39 is 6.10 Å². The van der Waals surface area contributed by atoms with Crippen LogP contribution in [0.3, 0.4) is 0 Å². The first kappa shape index (κ1) is 13.6. The van der Waals surface area contributed by atoms with Crippen LogP contribution >= 0.6 is 0 Å². The summed E-state index contributed by atoms with van der Waals surface area (Å²) in [5.41, 5.74) is 4.07. The molecule has 0 heterocycles. The molecule has 2 rings (SSSR count). The minimum atomic E-state index is -0.652.